The van der Waals surface area contributed by atoms with Gasteiger partial charge in [0.05, 0.1) is 30.0 Å². The van der Waals surface area contributed by atoms with Gasteiger partial charge >= 0.3 is 0 Å². The van der Waals surface area contributed by atoms with Crippen LogP contribution in [0.15, 0.2) is 66.9 Å². The number of nitrogens with two attached hydrogens (primary N) is 1. The van der Waals surface area contributed by atoms with Crippen molar-refractivity contribution in [3.8, 4) is 0 Å². The van der Waals surface area contributed by atoms with E-state index in [-0.39, 0.29) is 5.54 Å². The van der Waals surface area contributed by atoms with Gasteiger partial charge in [-0.1, -0.05) is 30.3 Å². The third kappa shape index (κ3) is 4.24. The molecule has 1 aromatic heterocycles. The minimum Gasteiger partial charge on any atom is -0.378 e. The summed E-state index contributed by atoms with van der Waals surface area (Å²) in [5.41, 5.74) is 9.87. The van der Waals surface area contributed by atoms with E-state index in [1.165, 1.54) is 17.4 Å². The second kappa shape index (κ2) is 8.51. The molecule has 1 aliphatic heterocycles. The van der Waals surface area contributed by atoms with E-state index in [2.05, 4.69) is 44.8 Å². The van der Waals surface area contributed by atoms with Gasteiger partial charge < -0.3 is 26.0 Å². The molecule has 7 heteroatoms. The van der Waals surface area contributed by atoms with Crippen LogP contribution in [-0.4, -0.2) is 37.2 Å². The Kier molecular flexibility index (Phi) is 5.41. The van der Waals surface area contributed by atoms with Crippen molar-refractivity contribution in [1.82, 2.24) is 4.98 Å². The predicted molar refractivity (Wildman–Crippen MR) is 126 cm³/mol. The van der Waals surface area contributed by atoms with E-state index in [1.54, 1.807) is 0 Å². The Morgan fingerprint density at radius 1 is 1.03 bits per heavy atom. The van der Waals surface area contributed by atoms with Crippen LogP contribution in [0.5, 0.6) is 0 Å². The molecule has 2 heterocycles. The average Bonchev–Trinajstić information content (AvgIpc) is 3.61. The van der Waals surface area contributed by atoms with Gasteiger partial charge in [-0.05, 0) is 42.7 Å². The summed E-state index contributed by atoms with van der Waals surface area (Å²) in [4.78, 5) is 18.8. The first-order valence-electron chi connectivity index (χ1n) is 11.0. The van der Waals surface area contributed by atoms with Gasteiger partial charge in [-0.25, -0.2) is 4.98 Å². The van der Waals surface area contributed by atoms with Gasteiger partial charge in [-0.2, -0.15) is 0 Å². The topological polar surface area (TPSA) is 92.5 Å². The van der Waals surface area contributed by atoms with E-state index in [4.69, 9.17) is 10.5 Å². The molecule has 1 amide bonds. The van der Waals surface area contributed by atoms with Crippen LogP contribution in [0.1, 0.15) is 28.8 Å². The van der Waals surface area contributed by atoms with Gasteiger partial charge in [-0.3, -0.25) is 4.79 Å². The van der Waals surface area contributed by atoms with E-state index in [0.717, 1.165) is 44.8 Å². The molecular formula is C25H27N5O2. The van der Waals surface area contributed by atoms with Crippen molar-refractivity contribution in [2.24, 2.45) is 5.73 Å². The maximum absolute atomic E-state index is 12.0. The molecule has 5 rings (SSSR count). The number of carbonyl (C=O) groups is 1. The van der Waals surface area contributed by atoms with Gasteiger partial charge in [0.15, 0.2) is 0 Å². The van der Waals surface area contributed by atoms with Crippen LogP contribution in [0, 0.1) is 0 Å². The molecular weight excluding hydrogens is 402 g/mol. The number of nitrogens with one attached hydrogen (secondary N) is 2. The summed E-state index contributed by atoms with van der Waals surface area (Å²) in [7, 11) is 0. The Morgan fingerprint density at radius 3 is 2.41 bits per heavy atom. The normalized spacial score (nSPS) is 16.9. The van der Waals surface area contributed by atoms with Crippen molar-refractivity contribution in [3.05, 3.63) is 78.0 Å². The molecule has 0 radical (unpaired) electrons. The van der Waals surface area contributed by atoms with Crippen molar-refractivity contribution in [1.29, 1.82) is 0 Å². The Hall–Kier alpha value is -3.58. The Morgan fingerprint density at radius 2 is 1.75 bits per heavy atom. The zero-order chi connectivity index (χ0) is 22.0. The third-order valence-electron chi connectivity index (χ3n) is 6.14. The third-order valence-corrected chi connectivity index (χ3v) is 6.14. The fourth-order valence-corrected chi connectivity index (χ4v) is 4.17. The zero-order valence-corrected chi connectivity index (χ0v) is 17.9. The van der Waals surface area contributed by atoms with Gasteiger partial charge in [0.1, 0.15) is 5.82 Å². The summed E-state index contributed by atoms with van der Waals surface area (Å²) in [6, 6.07) is 20.4. The number of pyridine rings is 1. The second-order valence-corrected chi connectivity index (χ2v) is 8.32. The maximum Gasteiger partial charge on any atom is 0.252 e. The standard InChI is InChI=1S/C25H27N5O2/c26-24(31)21-17-27-23(16-22(21)29-25(10-11-25)18-4-2-1-3-5-18)28-19-6-8-20(9-7-19)30-12-14-32-15-13-30/h1-9,16-17H,10-15H2,(H2,26,31)(H2,27,28,29). The first-order chi connectivity index (χ1) is 15.6. The van der Waals surface area contributed by atoms with Gasteiger partial charge in [-0.15, -0.1) is 0 Å². The fourth-order valence-electron chi connectivity index (χ4n) is 4.17. The van der Waals surface area contributed by atoms with Crippen LogP contribution < -0.4 is 21.3 Å². The van der Waals surface area contributed by atoms with Crippen LogP contribution >= 0.6 is 0 Å². The molecule has 1 aliphatic carbocycles. The molecule has 2 aromatic carbocycles. The van der Waals surface area contributed by atoms with E-state index >= 15 is 0 Å². The monoisotopic (exact) mass is 429 g/mol. The van der Waals surface area contributed by atoms with E-state index < -0.39 is 5.91 Å². The molecule has 4 N–H and O–H groups in total. The molecule has 7 nitrogen and oxygen atoms in total. The molecule has 1 saturated carbocycles. The van der Waals surface area contributed by atoms with E-state index in [9.17, 15) is 4.79 Å². The number of ether oxygens (including phenoxy) is 1. The number of nitrogens with zero attached hydrogens (tertiary/aromatic N) is 2. The number of carbonyl (C=O) groups excluding carboxylic acids is 1. The van der Waals surface area contributed by atoms with Crippen molar-refractivity contribution >= 4 is 28.8 Å². The molecule has 164 valence electrons. The maximum atomic E-state index is 12.0. The summed E-state index contributed by atoms with van der Waals surface area (Å²) in [6.07, 6.45) is 3.54. The Balaban J connectivity index is 1.36. The molecule has 32 heavy (non-hydrogen) atoms. The molecule has 0 bridgehead atoms. The molecule has 3 aromatic rings. The number of benzene rings is 2. The Labute approximate surface area is 187 Å². The molecule has 0 unspecified atom stereocenters. The van der Waals surface area contributed by atoms with Crippen molar-refractivity contribution in [2.75, 3.05) is 41.8 Å². The summed E-state index contributed by atoms with van der Waals surface area (Å²) >= 11 is 0. The first kappa shape index (κ1) is 20.3. The lowest BCUT2D eigenvalue weighted by Crippen LogP contribution is -2.36. The fraction of sp³-hybridized carbons (Fsp3) is 0.280. The largest absolute Gasteiger partial charge is 0.378 e. The molecule has 2 fully saturated rings. The lowest BCUT2D eigenvalue weighted by atomic mass is 10.0. The lowest BCUT2D eigenvalue weighted by molar-refractivity contribution is 0.100. The summed E-state index contributed by atoms with van der Waals surface area (Å²) in [5.74, 6) is 0.158. The number of aromatic nitrogens is 1. The van der Waals surface area contributed by atoms with Crippen molar-refractivity contribution in [3.63, 3.8) is 0 Å². The van der Waals surface area contributed by atoms with E-state index in [0.29, 0.717) is 17.1 Å². The SMILES string of the molecule is NC(=O)c1cnc(Nc2ccc(N3CCOCC3)cc2)cc1NC1(c2ccccc2)CC1. The zero-order valence-electron chi connectivity index (χ0n) is 17.9. The molecule has 0 atom stereocenters. The quantitative estimate of drug-likeness (QED) is 0.528. The number of amides is 1. The highest BCUT2D eigenvalue weighted by Crippen LogP contribution is 2.48. The van der Waals surface area contributed by atoms with Crippen LogP contribution in [0.2, 0.25) is 0 Å². The minimum atomic E-state index is -0.495. The average molecular weight is 430 g/mol. The number of primary amides is 1. The highest BCUT2D eigenvalue weighted by atomic mass is 16.5. The minimum absolute atomic E-state index is 0.163. The summed E-state index contributed by atoms with van der Waals surface area (Å²) < 4.78 is 5.43. The number of hydrogen-bond acceptors (Lipinski definition) is 6. The molecule has 1 saturated heterocycles. The number of morpholine rings is 1. The van der Waals surface area contributed by atoms with Crippen LogP contribution in [0.25, 0.3) is 0 Å². The molecule has 2 aliphatic rings. The number of rotatable bonds is 7. The van der Waals surface area contributed by atoms with Crippen molar-refractivity contribution < 1.29 is 9.53 Å². The summed E-state index contributed by atoms with van der Waals surface area (Å²) in [6.45, 7) is 3.33. The van der Waals surface area contributed by atoms with Gasteiger partial charge in [0.2, 0.25) is 0 Å². The van der Waals surface area contributed by atoms with Crippen LogP contribution in [-0.2, 0) is 10.3 Å². The number of hydrogen-bond donors (Lipinski definition) is 3. The Bertz CT molecular complexity index is 1090. The molecule has 0 spiro atoms. The van der Waals surface area contributed by atoms with Crippen molar-refractivity contribution in [2.45, 2.75) is 18.4 Å². The highest BCUT2D eigenvalue weighted by Gasteiger charge is 2.44. The van der Waals surface area contributed by atoms with Crippen LogP contribution in [0.4, 0.5) is 22.9 Å². The summed E-state index contributed by atoms with van der Waals surface area (Å²) in [5, 5.41) is 6.91. The van der Waals surface area contributed by atoms with E-state index in [1.807, 2.05) is 36.4 Å². The predicted octanol–water partition coefficient (Wildman–Crippen LogP) is 3.86. The van der Waals surface area contributed by atoms with Gasteiger partial charge in [0, 0.05) is 36.7 Å². The lowest BCUT2D eigenvalue weighted by Gasteiger charge is -2.29. The number of anilines is 4. The highest BCUT2D eigenvalue weighted by molar-refractivity contribution is 5.99. The van der Waals surface area contributed by atoms with Crippen LogP contribution in [0.3, 0.4) is 0 Å². The second-order valence-electron chi connectivity index (χ2n) is 8.32. The van der Waals surface area contributed by atoms with Gasteiger partial charge in [0.25, 0.3) is 5.91 Å². The first-order valence-corrected chi connectivity index (χ1v) is 11.0. The smallest absolute Gasteiger partial charge is 0.252 e.